The number of fused-ring (bicyclic) bond motifs is 1. The number of aromatic nitrogens is 1. The molecule has 2 amide bonds. The van der Waals surface area contributed by atoms with Gasteiger partial charge < -0.3 is 22.9 Å². The summed E-state index contributed by atoms with van der Waals surface area (Å²) < 4.78 is 0.337. The number of thiazole rings is 1. The Bertz CT molecular complexity index is 1580. The number of carbonyl (C=O) groups excluding carboxylic acids is 3. The first kappa shape index (κ1) is 30.0. The number of quaternary nitrogens is 1. The van der Waals surface area contributed by atoms with Crippen molar-refractivity contribution in [2.75, 3.05) is 13.1 Å². The van der Waals surface area contributed by atoms with Crippen LogP contribution in [0.1, 0.15) is 46.6 Å². The third kappa shape index (κ3) is 5.54. The van der Waals surface area contributed by atoms with E-state index in [1.54, 1.807) is 24.3 Å². The Morgan fingerprint density at radius 3 is 2.12 bits per heavy atom. The second-order valence-corrected chi connectivity index (χ2v) is 11.9. The molecule has 0 spiro atoms. The Morgan fingerprint density at radius 2 is 1.53 bits per heavy atom. The van der Waals surface area contributed by atoms with Crippen LogP contribution in [0.5, 0.6) is 0 Å². The summed E-state index contributed by atoms with van der Waals surface area (Å²) in [6.07, 6.45) is 1.45. The molecule has 1 saturated heterocycles. The molecule has 43 heavy (non-hydrogen) atoms. The van der Waals surface area contributed by atoms with Crippen LogP contribution in [0.25, 0.3) is 10.2 Å². The molecule has 0 radical (unpaired) electrons. The first-order valence-corrected chi connectivity index (χ1v) is 15.1. The highest BCUT2D eigenvalue weighted by Crippen LogP contribution is 2.42. The lowest BCUT2D eigenvalue weighted by atomic mass is 9.80. The maximum Gasteiger partial charge on any atom is 0.344 e. The molecule has 222 valence electrons. The van der Waals surface area contributed by atoms with Crippen LogP contribution in [-0.2, 0) is 15.1 Å². The van der Waals surface area contributed by atoms with Crippen molar-refractivity contribution < 1.29 is 18.9 Å². The number of primary amides is 1. The van der Waals surface area contributed by atoms with Crippen LogP contribution in [0.2, 0.25) is 0 Å². The van der Waals surface area contributed by atoms with Crippen LogP contribution in [0, 0.1) is 0 Å². The number of Topliss-reactive ketones (excluding diaryl/α,β-unsaturated/α-hetero) is 1. The largest absolute Gasteiger partial charge is 0.370 e. The topological polar surface area (TPSA) is 181 Å². The number of guanidine groups is 1. The van der Waals surface area contributed by atoms with Crippen molar-refractivity contribution in [1.29, 1.82) is 0 Å². The monoisotopic (exact) mass is 598 g/mol. The third-order valence-electron chi connectivity index (χ3n) is 8.36. The number of para-hydroxylation sites is 1. The van der Waals surface area contributed by atoms with Crippen LogP contribution in [0.4, 0.5) is 0 Å². The normalized spacial score (nSPS) is 19.1. The summed E-state index contributed by atoms with van der Waals surface area (Å²) in [5.74, 6) is -1.52. The molecule has 0 saturated carbocycles. The fraction of sp³-hybridized carbons (Fsp3) is 0.281. The zero-order valence-electron chi connectivity index (χ0n) is 23.8. The third-order valence-corrected chi connectivity index (χ3v) is 9.41. The molecule has 10 nitrogen and oxygen atoms in total. The Hall–Kier alpha value is -4.45. The van der Waals surface area contributed by atoms with E-state index in [1.807, 2.05) is 60.7 Å². The maximum absolute atomic E-state index is 15.4. The number of hydrogen-bond donors (Lipinski definition) is 4. The van der Waals surface area contributed by atoms with Gasteiger partial charge in [0.05, 0.1) is 16.8 Å². The van der Waals surface area contributed by atoms with Crippen LogP contribution in [0.15, 0.2) is 89.9 Å². The second kappa shape index (κ2) is 12.4. The van der Waals surface area contributed by atoms with Gasteiger partial charge in [-0.15, -0.1) is 11.3 Å². The molecule has 1 aliphatic rings. The molecule has 0 aliphatic carbocycles. The summed E-state index contributed by atoms with van der Waals surface area (Å²) in [5, 5.41) is 0.260. The van der Waals surface area contributed by atoms with Gasteiger partial charge in [-0.25, -0.2) is 14.3 Å². The highest BCUT2D eigenvalue weighted by atomic mass is 32.1. The zero-order chi connectivity index (χ0) is 30.6. The fourth-order valence-electron chi connectivity index (χ4n) is 6.39. The number of rotatable bonds is 11. The van der Waals surface area contributed by atoms with Crippen LogP contribution >= 0.6 is 11.3 Å². The molecule has 2 heterocycles. The molecule has 3 atom stereocenters. The van der Waals surface area contributed by atoms with Crippen molar-refractivity contribution in [3.8, 4) is 0 Å². The first-order valence-electron chi connectivity index (χ1n) is 14.3. The Labute approximate surface area is 254 Å². The van der Waals surface area contributed by atoms with Gasteiger partial charge in [-0.1, -0.05) is 72.8 Å². The first-order chi connectivity index (χ1) is 20.7. The molecule has 3 aromatic carbocycles. The van der Waals surface area contributed by atoms with Crippen molar-refractivity contribution in [3.63, 3.8) is 0 Å². The fourth-order valence-corrected chi connectivity index (χ4v) is 7.34. The average Bonchev–Trinajstić information content (AvgIpc) is 3.66. The number of amides is 2. The smallest absolute Gasteiger partial charge is 0.344 e. The van der Waals surface area contributed by atoms with E-state index >= 15 is 4.79 Å². The maximum atomic E-state index is 15.4. The quantitative estimate of drug-likeness (QED) is 0.0673. The van der Waals surface area contributed by atoms with E-state index in [9.17, 15) is 9.59 Å². The summed E-state index contributed by atoms with van der Waals surface area (Å²) in [6, 6.07) is 23.6. The van der Waals surface area contributed by atoms with Gasteiger partial charge in [0, 0.05) is 25.8 Å². The van der Waals surface area contributed by atoms with E-state index in [0.29, 0.717) is 35.9 Å². The molecule has 5 rings (SSSR count). The minimum atomic E-state index is -1.69. The molecule has 1 aromatic heterocycles. The Morgan fingerprint density at radius 1 is 0.930 bits per heavy atom. The molecule has 1 unspecified atom stereocenters. The predicted octanol–water partition coefficient (Wildman–Crippen LogP) is 2.79. The Kier molecular flexibility index (Phi) is 8.67. The highest BCUT2D eigenvalue weighted by Gasteiger charge is 2.63. The number of carbonyl (C=O) groups is 3. The average molecular weight is 599 g/mol. The molecule has 8 N–H and O–H groups in total. The minimum Gasteiger partial charge on any atom is -0.370 e. The molecule has 0 bridgehead atoms. The van der Waals surface area contributed by atoms with Crippen molar-refractivity contribution >= 4 is 45.1 Å². The lowest BCUT2D eigenvalue weighted by Gasteiger charge is -2.46. The number of nitrogens with zero attached hydrogens (tertiary/aromatic N) is 3. The number of nitrogens with two attached hydrogens (primary N) is 4. The second-order valence-electron chi connectivity index (χ2n) is 10.9. The van der Waals surface area contributed by atoms with E-state index in [0.717, 1.165) is 4.70 Å². The number of ketones is 1. The van der Waals surface area contributed by atoms with Gasteiger partial charge in [0.25, 0.3) is 5.91 Å². The van der Waals surface area contributed by atoms with Gasteiger partial charge >= 0.3 is 5.91 Å². The summed E-state index contributed by atoms with van der Waals surface area (Å²) >= 11 is 1.26. The lowest BCUT2D eigenvalue weighted by molar-refractivity contribution is -0.874. The number of benzene rings is 3. The van der Waals surface area contributed by atoms with Gasteiger partial charge in [-0.3, -0.25) is 14.6 Å². The minimum absolute atomic E-state index is 0.0701. The van der Waals surface area contributed by atoms with E-state index in [-0.39, 0.29) is 36.3 Å². The molecular weight excluding hydrogens is 562 g/mol. The summed E-state index contributed by atoms with van der Waals surface area (Å²) in [5.41, 5.74) is 24.5. The van der Waals surface area contributed by atoms with Gasteiger partial charge in [-0.2, -0.15) is 0 Å². The summed E-state index contributed by atoms with van der Waals surface area (Å²) in [7, 11) is 0. The van der Waals surface area contributed by atoms with E-state index in [4.69, 9.17) is 22.9 Å². The van der Waals surface area contributed by atoms with E-state index in [2.05, 4.69) is 9.98 Å². The van der Waals surface area contributed by atoms with Gasteiger partial charge in [0.2, 0.25) is 5.78 Å². The molecule has 4 aromatic rings. The lowest BCUT2D eigenvalue weighted by Crippen LogP contribution is -2.73. The molecule has 1 fully saturated rings. The standard InChI is InChI=1S/C32H35N7O3S/c33-28(41)25-17-10-20-39(25,30(42)32(36,21-11-3-1-4-12-21)22-13-5-2-6-14-22)24(16-9-19-37-31(34)35)27(40)29-38-23-15-7-8-18-26(23)43-29/h1-8,11-15,18,24-25H,9-10,16-17,19-20,36H2,(H5-,33,34,35,37,41)/p+1/t24-,25-,39?/m0/s1. The van der Waals surface area contributed by atoms with Gasteiger partial charge in [0.1, 0.15) is 0 Å². The molecule has 11 heteroatoms. The van der Waals surface area contributed by atoms with E-state index < -0.39 is 33.9 Å². The van der Waals surface area contributed by atoms with Crippen molar-refractivity contribution in [2.45, 2.75) is 43.3 Å². The number of likely N-dealkylation sites (tertiary alicyclic amines) is 1. The number of hydrogen-bond acceptors (Lipinski definition) is 7. The van der Waals surface area contributed by atoms with Crippen molar-refractivity contribution in [1.82, 2.24) is 4.98 Å². The van der Waals surface area contributed by atoms with Gasteiger partial charge in [0.15, 0.2) is 28.6 Å². The highest BCUT2D eigenvalue weighted by molar-refractivity contribution is 7.20. The van der Waals surface area contributed by atoms with Crippen molar-refractivity contribution in [3.05, 3.63) is 101 Å². The number of aliphatic imine (C=N–C) groups is 1. The summed E-state index contributed by atoms with van der Waals surface area (Å²) in [4.78, 5) is 51.9. The summed E-state index contributed by atoms with van der Waals surface area (Å²) in [6.45, 7) is 0.460. The van der Waals surface area contributed by atoms with Crippen molar-refractivity contribution in [2.24, 2.45) is 27.9 Å². The predicted molar refractivity (Wildman–Crippen MR) is 168 cm³/mol. The Balaban J connectivity index is 1.71. The molecular formula is C32H36N7O3S+. The van der Waals surface area contributed by atoms with Gasteiger partial charge in [-0.05, 0) is 29.7 Å². The molecule has 1 aliphatic heterocycles. The van der Waals surface area contributed by atoms with Crippen LogP contribution in [-0.4, -0.2) is 58.2 Å². The van der Waals surface area contributed by atoms with Crippen LogP contribution < -0.4 is 22.9 Å². The zero-order valence-corrected chi connectivity index (χ0v) is 24.6. The SMILES string of the molecule is NC(=O)[C@@H]1CCC[N+]1(C(=O)C(N)(c1ccccc1)c1ccccc1)[C@@H](CCCN=C(N)N)C(=O)c1nc2ccccc2s1. The van der Waals surface area contributed by atoms with Crippen LogP contribution in [0.3, 0.4) is 0 Å². The van der Waals surface area contributed by atoms with E-state index in [1.165, 1.54) is 11.3 Å².